The summed E-state index contributed by atoms with van der Waals surface area (Å²) < 4.78 is 0. The fourth-order valence-electron chi connectivity index (χ4n) is 9.13. The van der Waals surface area contributed by atoms with Crippen LogP contribution in [0.15, 0.2) is 24.3 Å². The van der Waals surface area contributed by atoms with Gasteiger partial charge in [0, 0.05) is 0 Å². The molecule has 0 saturated heterocycles. The average molecular weight is 905 g/mol. The van der Waals surface area contributed by atoms with Crippen LogP contribution in [0.5, 0.6) is 0 Å². The zero-order valence-corrected chi connectivity index (χ0v) is 43.0. The summed E-state index contributed by atoms with van der Waals surface area (Å²) in [6.45, 7) is 4.08. The topological polar surface area (TPSA) is 110 Å². The van der Waals surface area contributed by atoms with E-state index in [0.29, 0.717) is 19.3 Å². The van der Waals surface area contributed by atoms with Gasteiger partial charge in [-0.3, -0.25) is 4.79 Å². The van der Waals surface area contributed by atoms with Gasteiger partial charge in [-0.1, -0.05) is 282 Å². The monoisotopic (exact) mass is 904 g/mol. The first-order chi connectivity index (χ1) is 31.5. The number of nitrogens with one attached hydrogen (secondary N) is 1. The Morgan fingerprint density at radius 3 is 0.984 bits per heavy atom. The van der Waals surface area contributed by atoms with Crippen LogP contribution in [0.2, 0.25) is 0 Å². The molecule has 0 aromatic carbocycles. The summed E-state index contributed by atoms with van der Waals surface area (Å²) in [5.74, 6) is -0.591. The fraction of sp³-hybridized carbons (Fsp3) is 0.914. The van der Waals surface area contributed by atoms with E-state index >= 15 is 0 Å². The van der Waals surface area contributed by atoms with E-state index in [-0.39, 0.29) is 0 Å². The van der Waals surface area contributed by atoms with Gasteiger partial charge in [0.25, 0.3) is 0 Å². The first-order valence-corrected chi connectivity index (χ1v) is 28.7. The number of unbranched alkanes of at least 4 members (excludes halogenated alkanes) is 40. The molecule has 64 heavy (non-hydrogen) atoms. The molecule has 6 nitrogen and oxygen atoms in total. The molecule has 0 aromatic heterocycles. The van der Waals surface area contributed by atoms with Crippen LogP contribution in [-0.4, -0.2) is 57.3 Å². The Balaban J connectivity index is 3.65. The van der Waals surface area contributed by atoms with Gasteiger partial charge in [0.05, 0.1) is 18.8 Å². The van der Waals surface area contributed by atoms with Crippen molar-refractivity contribution in [3.8, 4) is 0 Å². The van der Waals surface area contributed by atoms with E-state index in [4.69, 9.17) is 0 Å². The van der Waals surface area contributed by atoms with Crippen LogP contribution in [0.25, 0.3) is 0 Å². The maximum atomic E-state index is 12.6. The van der Waals surface area contributed by atoms with Gasteiger partial charge in [0.1, 0.15) is 12.2 Å². The van der Waals surface area contributed by atoms with Crippen molar-refractivity contribution in [2.45, 2.75) is 334 Å². The van der Waals surface area contributed by atoms with Gasteiger partial charge in [-0.05, 0) is 51.4 Å². The number of aliphatic hydroxyl groups is 4. The molecule has 0 radical (unpaired) electrons. The number of carbonyl (C=O) groups excluding carboxylic acids is 1. The minimum Gasteiger partial charge on any atom is -0.394 e. The SMILES string of the molecule is CCCCCCCCCCCCCCCC/C=C/CC/C=C/CCCC(O)C(O)C(CO)NC(=O)C(O)CCCCCCCCCCCCCCCCCCCCCCCCCCC. The van der Waals surface area contributed by atoms with Crippen molar-refractivity contribution in [2.24, 2.45) is 0 Å². The molecule has 0 aromatic rings. The van der Waals surface area contributed by atoms with Crippen LogP contribution < -0.4 is 5.32 Å². The lowest BCUT2D eigenvalue weighted by Gasteiger charge is -2.27. The predicted octanol–water partition coefficient (Wildman–Crippen LogP) is 16.6. The van der Waals surface area contributed by atoms with E-state index in [1.807, 2.05) is 0 Å². The fourth-order valence-corrected chi connectivity index (χ4v) is 9.13. The summed E-state index contributed by atoms with van der Waals surface area (Å²) in [6, 6.07) is -1.01. The average Bonchev–Trinajstić information content (AvgIpc) is 3.30. The molecular weight excluding hydrogens is 791 g/mol. The number of rotatable bonds is 53. The zero-order valence-electron chi connectivity index (χ0n) is 43.0. The van der Waals surface area contributed by atoms with Crippen molar-refractivity contribution in [1.29, 1.82) is 0 Å². The van der Waals surface area contributed by atoms with Crippen LogP contribution in [0.4, 0.5) is 0 Å². The third kappa shape index (κ3) is 45.9. The molecular formula is C58H113NO5. The number of carbonyl (C=O) groups is 1. The second-order valence-electron chi connectivity index (χ2n) is 20.0. The van der Waals surface area contributed by atoms with E-state index < -0.39 is 36.9 Å². The Morgan fingerprint density at radius 2 is 0.656 bits per heavy atom. The minimum absolute atomic E-state index is 0.365. The second-order valence-corrected chi connectivity index (χ2v) is 20.0. The quantitative estimate of drug-likeness (QED) is 0.0308. The Labute approximate surface area is 399 Å². The lowest BCUT2D eigenvalue weighted by Crippen LogP contribution is -2.53. The summed E-state index contributed by atoms with van der Waals surface area (Å²) in [5.41, 5.74) is 0. The van der Waals surface area contributed by atoms with Gasteiger partial charge in [0.2, 0.25) is 5.91 Å². The molecule has 4 atom stereocenters. The third-order valence-corrected chi connectivity index (χ3v) is 13.6. The molecule has 0 spiro atoms. The van der Waals surface area contributed by atoms with Gasteiger partial charge < -0.3 is 25.7 Å². The van der Waals surface area contributed by atoms with Crippen LogP contribution in [0.3, 0.4) is 0 Å². The van der Waals surface area contributed by atoms with Crippen LogP contribution in [-0.2, 0) is 4.79 Å². The normalized spacial score (nSPS) is 13.9. The van der Waals surface area contributed by atoms with E-state index in [0.717, 1.165) is 38.5 Å². The van der Waals surface area contributed by atoms with Crippen molar-refractivity contribution < 1.29 is 25.2 Å². The van der Waals surface area contributed by atoms with Crippen LogP contribution >= 0.6 is 0 Å². The molecule has 0 saturated carbocycles. The zero-order chi connectivity index (χ0) is 46.7. The van der Waals surface area contributed by atoms with Crippen LogP contribution in [0, 0.1) is 0 Å². The van der Waals surface area contributed by atoms with E-state index in [2.05, 4.69) is 43.5 Å². The molecule has 0 heterocycles. The van der Waals surface area contributed by atoms with Gasteiger partial charge in [-0.15, -0.1) is 0 Å². The summed E-state index contributed by atoms with van der Waals surface area (Å²) in [6.07, 6.45) is 64.0. The maximum Gasteiger partial charge on any atom is 0.249 e. The molecule has 0 aliphatic heterocycles. The van der Waals surface area contributed by atoms with Gasteiger partial charge in [0.15, 0.2) is 0 Å². The Morgan fingerprint density at radius 1 is 0.375 bits per heavy atom. The molecule has 0 aliphatic rings. The van der Waals surface area contributed by atoms with Crippen molar-refractivity contribution in [2.75, 3.05) is 6.61 Å². The highest BCUT2D eigenvalue weighted by Gasteiger charge is 2.28. The van der Waals surface area contributed by atoms with Crippen molar-refractivity contribution >= 4 is 5.91 Å². The molecule has 6 heteroatoms. The molecule has 5 N–H and O–H groups in total. The summed E-state index contributed by atoms with van der Waals surface area (Å²) in [5, 5.41) is 44.0. The number of hydrogen-bond acceptors (Lipinski definition) is 5. The molecule has 0 fully saturated rings. The Bertz CT molecular complexity index is 970. The molecule has 0 bridgehead atoms. The first kappa shape index (κ1) is 62.8. The van der Waals surface area contributed by atoms with Crippen molar-refractivity contribution in [1.82, 2.24) is 5.32 Å². The van der Waals surface area contributed by atoms with E-state index in [9.17, 15) is 25.2 Å². The van der Waals surface area contributed by atoms with Gasteiger partial charge >= 0.3 is 0 Å². The highest BCUT2D eigenvalue weighted by molar-refractivity contribution is 5.80. The van der Waals surface area contributed by atoms with Crippen molar-refractivity contribution in [3.05, 3.63) is 24.3 Å². The standard InChI is InChI=1S/C58H113NO5/c1-3-5-7-9-11-13-15-17-19-21-23-25-27-28-30-32-34-36-38-40-42-44-46-48-50-52-56(62)58(64)59-54(53-60)57(63)55(61)51-49-47-45-43-41-39-37-35-33-31-29-26-24-22-20-18-16-14-12-10-8-6-4-2/h35,37,43,45,54-57,60-63H,3-34,36,38-42,44,46-53H2,1-2H3,(H,59,64)/b37-35+,45-43+. The number of amides is 1. The lowest BCUT2D eigenvalue weighted by atomic mass is 10.00. The summed E-state index contributed by atoms with van der Waals surface area (Å²) in [4.78, 5) is 12.6. The number of hydrogen-bond donors (Lipinski definition) is 5. The van der Waals surface area contributed by atoms with E-state index in [1.165, 1.54) is 238 Å². The number of aliphatic hydroxyl groups excluding tert-OH is 4. The smallest absolute Gasteiger partial charge is 0.249 e. The number of allylic oxidation sites excluding steroid dienone is 4. The third-order valence-electron chi connectivity index (χ3n) is 13.6. The molecule has 0 rings (SSSR count). The summed E-state index contributed by atoms with van der Waals surface area (Å²) in [7, 11) is 0. The second kappa shape index (κ2) is 52.8. The largest absolute Gasteiger partial charge is 0.394 e. The maximum absolute atomic E-state index is 12.6. The molecule has 0 aliphatic carbocycles. The summed E-state index contributed by atoms with van der Waals surface area (Å²) >= 11 is 0. The van der Waals surface area contributed by atoms with Gasteiger partial charge in [-0.25, -0.2) is 0 Å². The van der Waals surface area contributed by atoms with E-state index in [1.54, 1.807) is 0 Å². The van der Waals surface area contributed by atoms with Crippen LogP contribution in [0.1, 0.15) is 309 Å². The molecule has 4 unspecified atom stereocenters. The predicted molar refractivity (Wildman–Crippen MR) is 279 cm³/mol. The minimum atomic E-state index is -1.29. The Hall–Kier alpha value is -1.21. The first-order valence-electron chi connectivity index (χ1n) is 28.7. The Kier molecular flexibility index (Phi) is 51.8. The van der Waals surface area contributed by atoms with Gasteiger partial charge in [-0.2, -0.15) is 0 Å². The van der Waals surface area contributed by atoms with Crippen molar-refractivity contribution in [3.63, 3.8) is 0 Å². The molecule has 1 amide bonds. The lowest BCUT2D eigenvalue weighted by molar-refractivity contribution is -0.132. The highest BCUT2D eigenvalue weighted by atomic mass is 16.3. The molecule has 380 valence electrons. The highest BCUT2D eigenvalue weighted by Crippen LogP contribution is 2.18.